The van der Waals surface area contributed by atoms with Gasteiger partial charge in [-0.05, 0) is 75.3 Å². The van der Waals surface area contributed by atoms with Crippen molar-refractivity contribution in [1.29, 1.82) is 0 Å². The normalized spacial score (nSPS) is 19.9. The first-order chi connectivity index (χ1) is 38.6. The van der Waals surface area contributed by atoms with Gasteiger partial charge in [-0.1, -0.05) is 72.8 Å². The number of aromatic nitrogens is 14. The monoisotopic (exact) mass is 1050 g/mol. The molecule has 0 radical (unpaired) electrons. The number of aromatic amines is 2. The van der Waals surface area contributed by atoms with Gasteiger partial charge in [0.05, 0.1) is 48.3 Å². The molecule has 23 nitrogen and oxygen atoms in total. The van der Waals surface area contributed by atoms with Crippen molar-refractivity contribution in [1.82, 2.24) is 79.7 Å². The molecule has 4 saturated heterocycles. The standard InChI is InChI=1S/C28H24N10O.C25H23N7.C3H3N3O2/c1-30-24-23(18-11-19-8-9-20(12-18)37(19)28(39)26-32-15-33-36-26)35-27-21(14-34-38(27)25(24)29)17-7-10-22(31-13-17)16-5-3-2-4-6-16;1-27-23-22(17-11-18-8-9-19(12-17)30-18)31-25-20(14-29-32(25)24(23)26)16-7-10-21(28-13-16)15-5-3-2-4-6-15;7-3(8)2-4-1-5-6-2/h2-7,10,13-15,18-20H,8-9,11-12,29H2,(H,32,33,36);2-7,10,13-14,17-19,30H,8-9,11-12,26H2;1H,(H,7,8)(H,4,5,6). The summed E-state index contributed by atoms with van der Waals surface area (Å²) in [6.45, 7) is 15.6. The van der Waals surface area contributed by atoms with E-state index in [0.29, 0.717) is 59.1 Å². The summed E-state index contributed by atoms with van der Waals surface area (Å²) in [6.07, 6.45) is 17.3. The van der Waals surface area contributed by atoms with Crippen LogP contribution in [0.25, 0.3) is 65.8 Å². The summed E-state index contributed by atoms with van der Waals surface area (Å²) >= 11 is 0. The molecule has 23 heteroatoms. The number of benzene rings is 2. The predicted octanol–water partition coefficient (Wildman–Crippen LogP) is 8.35. The van der Waals surface area contributed by atoms with Crippen LogP contribution in [0.3, 0.4) is 0 Å². The molecule has 14 rings (SSSR count). The molecular formula is C56H50N20O3. The summed E-state index contributed by atoms with van der Waals surface area (Å²) in [4.78, 5) is 59.2. The van der Waals surface area contributed by atoms with Crippen molar-refractivity contribution in [2.45, 2.75) is 87.4 Å². The smallest absolute Gasteiger partial charge is 0.373 e. The van der Waals surface area contributed by atoms with Crippen molar-refractivity contribution in [3.63, 3.8) is 0 Å². The number of nitrogens with two attached hydrogens (primary N) is 2. The van der Waals surface area contributed by atoms with E-state index in [1.807, 2.05) is 102 Å². The Morgan fingerprint density at radius 2 is 1.04 bits per heavy atom. The summed E-state index contributed by atoms with van der Waals surface area (Å²) in [6, 6.07) is 29.2. The zero-order chi connectivity index (χ0) is 54.1. The number of nitrogens with zero attached hydrogens (tertiary/aromatic N) is 15. The van der Waals surface area contributed by atoms with E-state index in [9.17, 15) is 9.59 Å². The number of piperidine rings is 2. The molecule has 1 amide bonds. The molecule has 4 atom stereocenters. The first-order valence-corrected chi connectivity index (χ1v) is 25.8. The molecule has 392 valence electrons. The third-order valence-corrected chi connectivity index (χ3v) is 15.3. The molecule has 4 aliphatic heterocycles. The van der Waals surface area contributed by atoms with E-state index in [1.54, 1.807) is 16.9 Å². The van der Waals surface area contributed by atoms with Crippen molar-refractivity contribution in [3.05, 3.63) is 168 Å². The number of nitrogen functional groups attached to an aromatic ring is 2. The number of carboxylic acid groups (broad SMARTS) is 1. The second-order valence-electron chi connectivity index (χ2n) is 19.9. The van der Waals surface area contributed by atoms with E-state index in [1.165, 1.54) is 23.7 Å². The molecular weight excluding hydrogens is 1000 g/mol. The molecule has 79 heavy (non-hydrogen) atoms. The van der Waals surface area contributed by atoms with Gasteiger partial charge in [0, 0.05) is 69.9 Å². The van der Waals surface area contributed by atoms with E-state index >= 15 is 0 Å². The molecule has 0 saturated carbocycles. The van der Waals surface area contributed by atoms with Crippen molar-refractivity contribution >= 4 is 46.2 Å². The molecule has 4 aliphatic rings. The number of hydrogen-bond donors (Lipinski definition) is 6. The van der Waals surface area contributed by atoms with Crippen LogP contribution in [-0.4, -0.2) is 116 Å². The molecule has 0 aliphatic carbocycles. The van der Waals surface area contributed by atoms with Gasteiger partial charge in [0.15, 0.2) is 11.3 Å². The van der Waals surface area contributed by atoms with Crippen LogP contribution in [0, 0.1) is 13.1 Å². The predicted molar refractivity (Wildman–Crippen MR) is 291 cm³/mol. The van der Waals surface area contributed by atoms with E-state index in [2.05, 4.69) is 65.5 Å². The largest absolute Gasteiger partial charge is 0.475 e. The molecule has 4 bridgehead atoms. The highest BCUT2D eigenvalue weighted by Gasteiger charge is 2.46. The SMILES string of the molecule is O=C(O)c1ncn[nH]1.[C-]#[N+]c1c(C2CC3CCC(C2)N3)nc2c(-c3ccc(-c4ccccc4)nc3)cnn2c1N.[C-]#[N+]c1c(C2CC3CCC(C2)N3C(=O)c2ncn[nH]2)nc2c(-c3ccc(-c4ccccc4)nc3)cnn2c1N. The third kappa shape index (κ3) is 9.48. The molecule has 8 N–H and O–H groups in total. The number of anilines is 2. The number of nitrogens with one attached hydrogen (secondary N) is 3. The van der Waals surface area contributed by atoms with Gasteiger partial charge in [-0.25, -0.2) is 43.5 Å². The second kappa shape index (κ2) is 21.0. The highest BCUT2D eigenvalue weighted by molar-refractivity contribution is 5.91. The Bertz CT molecular complexity index is 3900. The Hall–Kier alpha value is -10.3. The van der Waals surface area contributed by atoms with Crippen LogP contribution in [0.15, 0.2) is 122 Å². The van der Waals surface area contributed by atoms with Gasteiger partial charge in [0.1, 0.15) is 24.3 Å². The molecule has 10 aromatic rings. The lowest BCUT2D eigenvalue weighted by Crippen LogP contribution is -2.46. The number of H-pyrrole nitrogens is 2. The minimum atomic E-state index is -1.09. The maximum atomic E-state index is 13.1. The Morgan fingerprint density at radius 3 is 1.44 bits per heavy atom. The zero-order valence-corrected chi connectivity index (χ0v) is 42.3. The van der Waals surface area contributed by atoms with E-state index in [0.717, 1.165) is 82.5 Å². The summed E-state index contributed by atoms with van der Waals surface area (Å²) in [5.41, 5.74) is 23.8. The van der Waals surface area contributed by atoms with Crippen LogP contribution >= 0.6 is 0 Å². The number of aromatic carboxylic acids is 1. The fourth-order valence-corrected chi connectivity index (χ4v) is 11.7. The number of rotatable bonds is 8. The quantitative estimate of drug-likeness (QED) is 0.0779. The Kier molecular flexibility index (Phi) is 13.2. The highest BCUT2D eigenvalue weighted by Crippen LogP contribution is 2.47. The number of carbonyl (C=O) groups excluding carboxylic acids is 1. The average Bonchev–Trinajstić information content (AvgIpc) is 4.41. The minimum Gasteiger partial charge on any atom is -0.475 e. The number of pyridine rings is 2. The third-order valence-electron chi connectivity index (χ3n) is 15.3. The number of carbonyl (C=O) groups is 2. The van der Waals surface area contributed by atoms with Crippen molar-refractivity contribution in [2.75, 3.05) is 11.5 Å². The Labute approximate surface area is 450 Å². The van der Waals surface area contributed by atoms with Gasteiger partial charge in [-0.3, -0.25) is 25.0 Å². The first kappa shape index (κ1) is 49.6. The fourth-order valence-electron chi connectivity index (χ4n) is 11.7. The maximum absolute atomic E-state index is 13.1. The second-order valence-corrected chi connectivity index (χ2v) is 19.9. The van der Waals surface area contributed by atoms with E-state index in [4.69, 9.17) is 39.7 Å². The number of fused-ring (bicyclic) bond motifs is 6. The van der Waals surface area contributed by atoms with Gasteiger partial charge >= 0.3 is 5.97 Å². The van der Waals surface area contributed by atoms with Gasteiger partial charge < -0.3 is 26.8 Å². The first-order valence-electron chi connectivity index (χ1n) is 25.8. The van der Waals surface area contributed by atoms with Crippen LogP contribution in [-0.2, 0) is 0 Å². The Balaban J connectivity index is 0.000000140. The number of hydrogen-bond acceptors (Lipinski definition) is 15. The van der Waals surface area contributed by atoms with Gasteiger partial charge in [-0.2, -0.15) is 20.4 Å². The topological polar surface area (TPSA) is 300 Å². The molecule has 8 aromatic heterocycles. The van der Waals surface area contributed by atoms with Crippen molar-refractivity contribution < 1.29 is 14.7 Å². The summed E-state index contributed by atoms with van der Waals surface area (Å²) in [5.74, 6) is -0.218. The highest BCUT2D eigenvalue weighted by atomic mass is 16.4. The molecule has 4 unspecified atom stereocenters. The number of amides is 1. The van der Waals surface area contributed by atoms with Crippen LogP contribution in [0.1, 0.15) is 95.8 Å². The summed E-state index contributed by atoms with van der Waals surface area (Å²) in [5, 5.41) is 32.7. The average molecular weight is 1050 g/mol. The van der Waals surface area contributed by atoms with Gasteiger partial charge in [-0.15, -0.1) is 0 Å². The molecule has 4 fully saturated rings. The zero-order valence-electron chi connectivity index (χ0n) is 42.3. The van der Waals surface area contributed by atoms with Gasteiger partial charge in [0.25, 0.3) is 5.91 Å². The Morgan fingerprint density at radius 1 is 0.570 bits per heavy atom. The van der Waals surface area contributed by atoms with Crippen LogP contribution < -0.4 is 16.8 Å². The van der Waals surface area contributed by atoms with E-state index < -0.39 is 5.97 Å². The van der Waals surface area contributed by atoms with Crippen LogP contribution in [0.5, 0.6) is 0 Å². The molecule has 12 heterocycles. The molecule has 2 aromatic carbocycles. The fraction of sp³-hybridized carbons (Fsp3) is 0.250. The lowest BCUT2D eigenvalue weighted by atomic mass is 9.87. The number of carboxylic acids is 1. The lowest BCUT2D eigenvalue weighted by molar-refractivity contribution is 0.0557. The minimum absolute atomic E-state index is 0.000919. The molecule has 0 spiro atoms. The summed E-state index contributed by atoms with van der Waals surface area (Å²) in [7, 11) is 0. The van der Waals surface area contributed by atoms with Gasteiger partial charge in [0.2, 0.25) is 23.0 Å². The lowest BCUT2D eigenvalue weighted by Gasteiger charge is -2.38. The van der Waals surface area contributed by atoms with Crippen LogP contribution in [0.4, 0.5) is 23.0 Å². The summed E-state index contributed by atoms with van der Waals surface area (Å²) < 4.78 is 3.13. The maximum Gasteiger partial charge on any atom is 0.373 e. The van der Waals surface area contributed by atoms with E-state index in [-0.39, 0.29) is 47.3 Å². The van der Waals surface area contributed by atoms with Crippen LogP contribution in [0.2, 0.25) is 0 Å². The van der Waals surface area contributed by atoms with Crippen molar-refractivity contribution in [2.24, 2.45) is 0 Å². The van der Waals surface area contributed by atoms with Crippen molar-refractivity contribution in [3.8, 4) is 44.8 Å².